The number of nitrogens with zero attached hydrogens (tertiary/aromatic N) is 5. The van der Waals surface area contributed by atoms with Crippen LogP contribution in [-0.2, 0) is 10.2 Å². The van der Waals surface area contributed by atoms with Gasteiger partial charge in [-0.3, -0.25) is 0 Å². The van der Waals surface area contributed by atoms with Crippen LogP contribution >= 0.6 is 0 Å². The number of fused-ring (bicyclic) bond motifs is 1. The Labute approximate surface area is 161 Å². The van der Waals surface area contributed by atoms with Crippen molar-refractivity contribution in [3.63, 3.8) is 0 Å². The maximum absolute atomic E-state index is 13.2. The van der Waals surface area contributed by atoms with Crippen molar-refractivity contribution < 1.29 is 17.2 Å². The van der Waals surface area contributed by atoms with Crippen LogP contribution in [0, 0.1) is 5.92 Å². The van der Waals surface area contributed by atoms with E-state index in [1.165, 1.54) is 17.7 Å². The summed E-state index contributed by atoms with van der Waals surface area (Å²) in [5, 5.41) is 0.905. The lowest BCUT2D eigenvalue weighted by atomic mass is 10.2. The highest BCUT2D eigenvalue weighted by molar-refractivity contribution is 7.86. The fraction of sp³-hybridized carbons (Fsp3) is 0.647. The van der Waals surface area contributed by atoms with E-state index in [4.69, 9.17) is 0 Å². The van der Waals surface area contributed by atoms with Crippen LogP contribution in [0.25, 0.3) is 11.0 Å². The maximum atomic E-state index is 13.2. The van der Waals surface area contributed by atoms with Gasteiger partial charge in [-0.15, -0.1) is 0 Å². The molecule has 0 radical (unpaired) electrons. The molecule has 5 rings (SSSR count). The Bertz CT molecular complexity index is 1020. The lowest BCUT2D eigenvalue weighted by Crippen LogP contribution is -2.60. The molecule has 0 bridgehead atoms. The Morgan fingerprint density at radius 3 is 2.75 bits per heavy atom. The highest BCUT2D eigenvalue weighted by Gasteiger charge is 2.60. The molecule has 1 saturated heterocycles. The first-order valence-electron chi connectivity index (χ1n) is 9.38. The topological polar surface area (TPSA) is 85.4 Å². The van der Waals surface area contributed by atoms with E-state index >= 15 is 0 Å². The molecule has 2 aromatic heterocycles. The van der Waals surface area contributed by atoms with Gasteiger partial charge in [-0.1, -0.05) is 0 Å². The first-order chi connectivity index (χ1) is 13.2. The van der Waals surface area contributed by atoms with E-state index in [2.05, 4.69) is 19.9 Å². The number of alkyl halides is 2. The largest absolute Gasteiger partial charge is 0.353 e. The minimum Gasteiger partial charge on any atom is -0.353 e. The van der Waals surface area contributed by atoms with Gasteiger partial charge in [0, 0.05) is 51.8 Å². The summed E-state index contributed by atoms with van der Waals surface area (Å²) in [6, 6.07) is 1.91. The van der Waals surface area contributed by atoms with Crippen molar-refractivity contribution in [3.05, 3.63) is 18.6 Å². The summed E-state index contributed by atoms with van der Waals surface area (Å²) >= 11 is 0. The number of aromatic nitrogens is 3. The Morgan fingerprint density at radius 2 is 2.07 bits per heavy atom. The fourth-order valence-corrected chi connectivity index (χ4v) is 5.95. The molecule has 0 amide bonds. The van der Waals surface area contributed by atoms with Crippen LogP contribution in [0.3, 0.4) is 0 Å². The molecule has 3 aliphatic rings. The van der Waals surface area contributed by atoms with Gasteiger partial charge in [-0.25, -0.2) is 18.7 Å². The van der Waals surface area contributed by atoms with Crippen LogP contribution in [0.2, 0.25) is 0 Å². The normalized spacial score (nSPS) is 26.3. The molecule has 8 nitrogen and oxygen atoms in total. The number of rotatable bonds is 5. The lowest BCUT2D eigenvalue weighted by molar-refractivity contribution is 0.0948. The van der Waals surface area contributed by atoms with E-state index in [1.807, 2.05) is 6.07 Å². The zero-order valence-corrected chi connectivity index (χ0v) is 16.3. The molecule has 1 N–H and O–H groups in total. The maximum Gasteiger partial charge on any atom is 0.282 e. The Kier molecular flexibility index (Phi) is 3.79. The van der Waals surface area contributed by atoms with Crippen molar-refractivity contribution in [2.75, 3.05) is 38.1 Å². The van der Waals surface area contributed by atoms with Gasteiger partial charge in [-0.2, -0.15) is 17.0 Å². The van der Waals surface area contributed by atoms with Gasteiger partial charge in [0.2, 0.25) is 0 Å². The smallest absolute Gasteiger partial charge is 0.282 e. The molecule has 3 heterocycles. The van der Waals surface area contributed by atoms with Crippen LogP contribution in [0.1, 0.15) is 19.3 Å². The summed E-state index contributed by atoms with van der Waals surface area (Å²) < 4.78 is 55.3. The molecule has 2 saturated carbocycles. The second-order valence-electron chi connectivity index (χ2n) is 8.11. The molecule has 11 heteroatoms. The standard InChI is InChI=1S/C17H22F2N6O2S/c1-23(9-12-8-17(12,18)19)28(26,27)25-7-6-24(10-16(25)3-4-16)15-13-2-5-20-14(13)21-11-22-15/h2,5,11-12H,3-4,6-10H2,1H3,(H,20,21,22). The predicted molar refractivity (Wildman–Crippen MR) is 99.4 cm³/mol. The van der Waals surface area contributed by atoms with Crippen molar-refractivity contribution in [2.24, 2.45) is 5.92 Å². The van der Waals surface area contributed by atoms with E-state index in [0.717, 1.165) is 34.0 Å². The Balaban J connectivity index is 1.36. The number of H-pyrrole nitrogens is 1. The highest BCUT2D eigenvalue weighted by Crippen LogP contribution is 2.50. The Hall–Kier alpha value is -1.85. The summed E-state index contributed by atoms with van der Waals surface area (Å²) in [5.41, 5.74) is 0.264. The lowest BCUT2D eigenvalue weighted by Gasteiger charge is -2.43. The number of piperazine rings is 1. The van der Waals surface area contributed by atoms with E-state index in [-0.39, 0.29) is 13.0 Å². The predicted octanol–water partition coefficient (Wildman–Crippen LogP) is 1.44. The quantitative estimate of drug-likeness (QED) is 0.803. The zero-order chi connectivity index (χ0) is 19.7. The van der Waals surface area contributed by atoms with E-state index in [1.54, 1.807) is 6.20 Å². The highest BCUT2D eigenvalue weighted by atomic mass is 32.2. The first kappa shape index (κ1) is 18.2. The molecular weight excluding hydrogens is 390 g/mol. The van der Waals surface area contributed by atoms with Gasteiger partial charge in [0.25, 0.3) is 16.1 Å². The molecule has 0 aromatic carbocycles. The number of nitrogens with one attached hydrogen (secondary N) is 1. The third-order valence-corrected chi connectivity index (χ3v) is 8.22. The molecule has 3 fully saturated rings. The Morgan fingerprint density at radius 1 is 1.32 bits per heavy atom. The molecular formula is C17H22F2N6O2S. The molecule has 1 atom stereocenters. The number of hydrogen-bond donors (Lipinski definition) is 1. The number of aromatic amines is 1. The van der Waals surface area contributed by atoms with E-state index in [9.17, 15) is 17.2 Å². The first-order valence-corrected chi connectivity index (χ1v) is 10.8. The van der Waals surface area contributed by atoms with Crippen LogP contribution in [0.15, 0.2) is 18.6 Å². The van der Waals surface area contributed by atoms with Crippen LogP contribution in [0.5, 0.6) is 0 Å². The monoisotopic (exact) mass is 412 g/mol. The molecule has 2 aromatic rings. The van der Waals surface area contributed by atoms with Gasteiger partial charge in [-0.05, 0) is 18.9 Å². The molecule has 1 aliphatic heterocycles. The van der Waals surface area contributed by atoms with Crippen molar-refractivity contribution >= 4 is 27.1 Å². The molecule has 152 valence electrons. The third-order valence-electron chi connectivity index (χ3n) is 6.15. The van der Waals surface area contributed by atoms with Gasteiger partial charge in [0.1, 0.15) is 17.8 Å². The van der Waals surface area contributed by atoms with Gasteiger partial charge >= 0.3 is 0 Å². The minimum absolute atomic E-state index is 0.137. The summed E-state index contributed by atoms with van der Waals surface area (Å²) in [6.07, 6.45) is 4.60. The van der Waals surface area contributed by atoms with Gasteiger partial charge in [0.15, 0.2) is 0 Å². The number of anilines is 1. The molecule has 2 aliphatic carbocycles. The summed E-state index contributed by atoms with van der Waals surface area (Å²) in [4.78, 5) is 13.8. The van der Waals surface area contributed by atoms with Crippen LogP contribution < -0.4 is 4.90 Å². The van der Waals surface area contributed by atoms with Crippen LogP contribution in [-0.4, -0.2) is 76.7 Å². The zero-order valence-electron chi connectivity index (χ0n) is 15.5. The minimum atomic E-state index is -3.78. The third kappa shape index (κ3) is 2.79. The van der Waals surface area contributed by atoms with Crippen molar-refractivity contribution in [1.29, 1.82) is 0 Å². The van der Waals surface area contributed by atoms with E-state index in [0.29, 0.717) is 19.6 Å². The van der Waals surface area contributed by atoms with Crippen molar-refractivity contribution in [3.8, 4) is 0 Å². The second-order valence-corrected chi connectivity index (χ2v) is 10.1. The summed E-state index contributed by atoms with van der Waals surface area (Å²) in [7, 11) is -2.38. The average Bonchev–Trinajstić information content (AvgIpc) is 3.45. The average molecular weight is 412 g/mol. The van der Waals surface area contributed by atoms with Crippen LogP contribution in [0.4, 0.5) is 14.6 Å². The van der Waals surface area contributed by atoms with E-state index < -0.39 is 27.6 Å². The molecule has 1 spiro atoms. The fourth-order valence-electron chi connectivity index (χ4n) is 4.21. The summed E-state index contributed by atoms with van der Waals surface area (Å²) in [5.74, 6) is -2.80. The molecule has 28 heavy (non-hydrogen) atoms. The summed E-state index contributed by atoms with van der Waals surface area (Å²) in [6.45, 7) is 1.20. The second kappa shape index (κ2) is 5.83. The van der Waals surface area contributed by atoms with Crippen molar-refractivity contribution in [1.82, 2.24) is 23.6 Å². The van der Waals surface area contributed by atoms with Gasteiger partial charge in [0.05, 0.1) is 10.9 Å². The van der Waals surface area contributed by atoms with Crippen molar-refractivity contribution in [2.45, 2.75) is 30.7 Å². The SMILES string of the molecule is CN(CC1CC1(F)F)S(=O)(=O)N1CCN(c2ncnc3[nH]ccc23)CC12CC2. The van der Waals surface area contributed by atoms with Gasteiger partial charge < -0.3 is 9.88 Å². The number of halogens is 2. The molecule has 1 unspecified atom stereocenters. The number of hydrogen-bond acceptors (Lipinski definition) is 5.